The predicted molar refractivity (Wildman–Crippen MR) is 56.6 cm³/mol. The van der Waals surface area contributed by atoms with Gasteiger partial charge in [-0.25, -0.2) is 4.39 Å². The summed E-state index contributed by atoms with van der Waals surface area (Å²) in [6.07, 6.45) is 0. The molecule has 70 valence electrons. The zero-order valence-electron chi connectivity index (χ0n) is 8.00. The first kappa shape index (κ1) is 8.95. The molecular formula is C13H11F. The van der Waals surface area contributed by atoms with Crippen molar-refractivity contribution in [1.29, 1.82) is 0 Å². The summed E-state index contributed by atoms with van der Waals surface area (Å²) in [4.78, 5) is 0. The lowest BCUT2D eigenvalue weighted by atomic mass is 10.0. The second kappa shape index (κ2) is 3.62. The summed E-state index contributed by atoms with van der Waals surface area (Å²) in [5.41, 5.74) is 3.12. The Hall–Kier alpha value is -1.63. The molecule has 0 aliphatic heterocycles. The average Bonchev–Trinajstić information content (AvgIpc) is 2.23. The summed E-state index contributed by atoms with van der Waals surface area (Å²) in [6.45, 7) is 1.99. The first-order valence-electron chi connectivity index (χ1n) is 4.59. The van der Waals surface area contributed by atoms with Gasteiger partial charge in [0.1, 0.15) is 5.82 Å². The Morgan fingerprint density at radius 2 is 1.64 bits per heavy atom. The summed E-state index contributed by atoms with van der Waals surface area (Å²) in [5.74, 6) is -0.186. The van der Waals surface area contributed by atoms with Crippen LogP contribution in [0.3, 0.4) is 0 Å². The van der Waals surface area contributed by atoms with Crippen LogP contribution in [0, 0.1) is 12.7 Å². The van der Waals surface area contributed by atoms with Crippen molar-refractivity contribution in [3.05, 3.63) is 59.9 Å². The Morgan fingerprint density at radius 3 is 2.36 bits per heavy atom. The van der Waals surface area contributed by atoms with E-state index in [4.69, 9.17) is 0 Å². The van der Waals surface area contributed by atoms with Crippen molar-refractivity contribution in [2.45, 2.75) is 6.92 Å². The molecule has 0 spiro atoms. The van der Waals surface area contributed by atoms with Crippen LogP contribution in [0.4, 0.5) is 4.39 Å². The first-order chi connectivity index (χ1) is 6.77. The SMILES string of the molecule is Cc1ccc(F)cc1-c1ccccc1. The van der Waals surface area contributed by atoms with Gasteiger partial charge in [0, 0.05) is 0 Å². The number of benzene rings is 2. The van der Waals surface area contributed by atoms with Gasteiger partial charge in [0.15, 0.2) is 0 Å². The van der Waals surface area contributed by atoms with Crippen LogP contribution >= 0.6 is 0 Å². The van der Waals surface area contributed by atoms with Crippen molar-refractivity contribution >= 4 is 0 Å². The van der Waals surface area contributed by atoms with Gasteiger partial charge in [-0.1, -0.05) is 36.4 Å². The first-order valence-corrected chi connectivity index (χ1v) is 4.59. The number of halogens is 1. The minimum atomic E-state index is -0.186. The third-order valence-electron chi connectivity index (χ3n) is 2.28. The molecule has 0 fully saturated rings. The van der Waals surface area contributed by atoms with Gasteiger partial charge in [0.05, 0.1) is 0 Å². The molecule has 0 radical (unpaired) electrons. The van der Waals surface area contributed by atoms with E-state index in [9.17, 15) is 4.39 Å². The molecule has 0 aromatic heterocycles. The van der Waals surface area contributed by atoms with Crippen LogP contribution in [0.1, 0.15) is 5.56 Å². The number of hydrogen-bond acceptors (Lipinski definition) is 0. The molecule has 0 bridgehead atoms. The monoisotopic (exact) mass is 186 g/mol. The predicted octanol–water partition coefficient (Wildman–Crippen LogP) is 3.80. The van der Waals surface area contributed by atoms with Gasteiger partial charge in [0.2, 0.25) is 0 Å². The fraction of sp³-hybridized carbons (Fsp3) is 0.0769. The van der Waals surface area contributed by atoms with Crippen molar-refractivity contribution in [3.63, 3.8) is 0 Å². The Balaban J connectivity index is 2.57. The van der Waals surface area contributed by atoms with Gasteiger partial charge in [-0.3, -0.25) is 0 Å². The Labute approximate surface area is 83.0 Å². The van der Waals surface area contributed by atoms with E-state index in [0.29, 0.717) is 0 Å². The fourth-order valence-corrected chi connectivity index (χ4v) is 1.52. The van der Waals surface area contributed by atoms with Gasteiger partial charge < -0.3 is 0 Å². The van der Waals surface area contributed by atoms with E-state index >= 15 is 0 Å². The average molecular weight is 186 g/mol. The minimum Gasteiger partial charge on any atom is -0.207 e. The molecule has 0 atom stereocenters. The molecule has 0 saturated carbocycles. The normalized spacial score (nSPS) is 10.1. The molecular weight excluding hydrogens is 175 g/mol. The highest BCUT2D eigenvalue weighted by Crippen LogP contribution is 2.23. The van der Waals surface area contributed by atoms with Crippen LogP contribution < -0.4 is 0 Å². The third kappa shape index (κ3) is 1.67. The molecule has 0 amide bonds. The van der Waals surface area contributed by atoms with Crippen molar-refractivity contribution in [2.24, 2.45) is 0 Å². The highest BCUT2D eigenvalue weighted by atomic mass is 19.1. The summed E-state index contributed by atoms with van der Waals surface area (Å²) in [6, 6.07) is 14.7. The maximum absolute atomic E-state index is 13.0. The van der Waals surface area contributed by atoms with E-state index in [0.717, 1.165) is 16.7 Å². The van der Waals surface area contributed by atoms with Gasteiger partial charge in [-0.2, -0.15) is 0 Å². The number of rotatable bonds is 1. The number of hydrogen-bond donors (Lipinski definition) is 0. The molecule has 2 aromatic carbocycles. The standard InChI is InChI=1S/C13H11F/c1-10-7-8-12(14)9-13(10)11-5-3-2-4-6-11/h2-9H,1H3. The Kier molecular flexibility index (Phi) is 2.32. The van der Waals surface area contributed by atoms with E-state index < -0.39 is 0 Å². The molecule has 0 unspecified atom stereocenters. The van der Waals surface area contributed by atoms with E-state index in [1.165, 1.54) is 6.07 Å². The largest absolute Gasteiger partial charge is 0.207 e. The van der Waals surface area contributed by atoms with Crippen LogP contribution in [0.25, 0.3) is 11.1 Å². The van der Waals surface area contributed by atoms with E-state index in [-0.39, 0.29) is 5.82 Å². The van der Waals surface area contributed by atoms with Crippen LogP contribution in [-0.4, -0.2) is 0 Å². The molecule has 2 rings (SSSR count). The lowest BCUT2D eigenvalue weighted by molar-refractivity contribution is 0.628. The maximum atomic E-state index is 13.0. The lowest BCUT2D eigenvalue weighted by Gasteiger charge is -2.05. The summed E-state index contributed by atoms with van der Waals surface area (Å²) in [7, 11) is 0. The summed E-state index contributed by atoms with van der Waals surface area (Å²) < 4.78 is 13.0. The molecule has 0 aliphatic carbocycles. The fourth-order valence-electron chi connectivity index (χ4n) is 1.52. The van der Waals surface area contributed by atoms with Gasteiger partial charge in [-0.05, 0) is 35.7 Å². The molecule has 0 nitrogen and oxygen atoms in total. The van der Waals surface area contributed by atoms with Crippen molar-refractivity contribution in [3.8, 4) is 11.1 Å². The molecule has 1 heteroatoms. The van der Waals surface area contributed by atoms with Crippen molar-refractivity contribution in [1.82, 2.24) is 0 Å². The Bertz CT molecular complexity index is 432. The molecule has 2 aromatic rings. The highest BCUT2D eigenvalue weighted by Gasteiger charge is 2.01. The second-order valence-electron chi connectivity index (χ2n) is 3.33. The Morgan fingerprint density at radius 1 is 0.929 bits per heavy atom. The minimum absolute atomic E-state index is 0.186. The quantitative estimate of drug-likeness (QED) is 0.635. The maximum Gasteiger partial charge on any atom is 0.123 e. The van der Waals surface area contributed by atoms with Crippen LogP contribution in [0.15, 0.2) is 48.5 Å². The van der Waals surface area contributed by atoms with E-state index in [1.807, 2.05) is 37.3 Å². The van der Waals surface area contributed by atoms with Crippen molar-refractivity contribution < 1.29 is 4.39 Å². The molecule has 14 heavy (non-hydrogen) atoms. The summed E-state index contributed by atoms with van der Waals surface area (Å²) in [5, 5.41) is 0. The zero-order chi connectivity index (χ0) is 9.97. The highest BCUT2D eigenvalue weighted by molar-refractivity contribution is 5.66. The van der Waals surface area contributed by atoms with E-state index in [2.05, 4.69) is 0 Å². The van der Waals surface area contributed by atoms with Crippen LogP contribution in [0.5, 0.6) is 0 Å². The molecule has 0 aliphatic rings. The van der Waals surface area contributed by atoms with Gasteiger partial charge in [0.25, 0.3) is 0 Å². The topological polar surface area (TPSA) is 0 Å². The number of aryl methyl sites for hydroxylation is 1. The third-order valence-corrected chi connectivity index (χ3v) is 2.28. The summed E-state index contributed by atoms with van der Waals surface area (Å²) >= 11 is 0. The van der Waals surface area contributed by atoms with Crippen molar-refractivity contribution in [2.75, 3.05) is 0 Å². The van der Waals surface area contributed by atoms with E-state index in [1.54, 1.807) is 12.1 Å². The second-order valence-corrected chi connectivity index (χ2v) is 3.33. The van der Waals surface area contributed by atoms with Gasteiger partial charge >= 0.3 is 0 Å². The molecule has 0 heterocycles. The molecule has 0 N–H and O–H groups in total. The van der Waals surface area contributed by atoms with Gasteiger partial charge in [-0.15, -0.1) is 0 Å². The smallest absolute Gasteiger partial charge is 0.123 e. The lowest BCUT2D eigenvalue weighted by Crippen LogP contribution is -1.84. The zero-order valence-corrected chi connectivity index (χ0v) is 8.00. The van der Waals surface area contributed by atoms with Crippen LogP contribution in [0.2, 0.25) is 0 Å². The van der Waals surface area contributed by atoms with Crippen LogP contribution in [-0.2, 0) is 0 Å². The molecule has 0 saturated heterocycles.